The summed E-state index contributed by atoms with van der Waals surface area (Å²) in [6, 6.07) is 2.34. The Labute approximate surface area is 192 Å². The van der Waals surface area contributed by atoms with E-state index >= 15 is 0 Å². The van der Waals surface area contributed by atoms with Crippen LogP contribution in [0.2, 0.25) is 0 Å². The van der Waals surface area contributed by atoms with Gasteiger partial charge in [-0.3, -0.25) is 4.79 Å². The fraction of sp³-hybridized carbons (Fsp3) is 0.316. The van der Waals surface area contributed by atoms with Gasteiger partial charge in [0.2, 0.25) is 0 Å². The van der Waals surface area contributed by atoms with E-state index in [1.165, 1.54) is 12.1 Å². The summed E-state index contributed by atoms with van der Waals surface area (Å²) in [5, 5.41) is 4.14. The van der Waals surface area contributed by atoms with E-state index in [4.69, 9.17) is 0 Å². The molecule has 0 unspecified atom stereocenters. The van der Waals surface area contributed by atoms with Crippen molar-refractivity contribution in [2.75, 3.05) is 17.2 Å². The highest BCUT2D eigenvalue weighted by molar-refractivity contribution is 9.10. The first-order chi connectivity index (χ1) is 15.4. The Morgan fingerprint density at radius 1 is 0.941 bits per heavy atom. The monoisotopic (exact) mass is 572 g/mol. The van der Waals surface area contributed by atoms with Crippen LogP contribution in [0.15, 0.2) is 34.8 Å². The van der Waals surface area contributed by atoms with E-state index in [2.05, 4.69) is 21.2 Å². The standard InChI is InChI=1S/C19H12BrF11N2O/c1-2-32-12-5-3-4-9(13(12)21)15(34)33-14-10(17(23,24)25)6-8(7-11(14)20)16(22,18(26,27)28)19(29,30)31/h3-7,32H,2H2,1H3,(H,33,34). The van der Waals surface area contributed by atoms with Crippen molar-refractivity contribution in [1.82, 2.24) is 0 Å². The van der Waals surface area contributed by atoms with Gasteiger partial charge in [0.25, 0.3) is 5.91 Å². The molecule has 2 N–H and O–H groups in total. The van der Waals surface area contributed by atoms with Gasteiger partial charge in [-0.05, 0) is 47.1 Å². The molecule has 34 heavy (non-hydrogen) atoms. The number of amides is 1. The predicted molar refractivity (Wildman–Crippen MR) is 103 cm³/mol. The zero-order valence-electron chi connectivity index (χ0n) is 16.5. The Morgan fingerprint density at radius 2 is 1.50 bits per heavy atom. The minimum atomic E-state index is -6.67. The smallest absolute Gasteiger partial charge is 0.383 e. The first-order valence-electron chi connectivity index (χ1n) is 8.93. The molecule has 0 aliphatic rings. The summed E-state index contributed by atoms with van der Waals surface area (Å²) < 4.78 is 146. The molecule has 0 saturated carbocycles. The van der Waals surface area contributed by atoms with Gasteiger partial charge < -0.3 is 10.6 Å². The third-order valence-corrected chi connectivity index (χ3v) is 5.05. The average Bonchev–Trinajstić information content (AvgIpc) is 2.67. The summed E-state index contributed by atoms with van der Waals surface area (Å²) in [5.74, 6) is -2.69. The minimum absolute atomic E-state index is 0.196. The summed E-state index contributed by atoms with van der Waals surface area (Å²) in [6.45, 7) is 1.78. The van der Waals surface area contributed by atoms with Gasteiger partial charge in [-0.1, -0.05) is 6.07 Å². The zero-order valence-corrected chi connectivity index (χ0v) is 18.1. The SMILES string of the molecule is CCNc1cccc(C(=O)Nc2c(Br)cc(C(F)(C(F)(F)F)C(F)(F)F)cc2C(F)(F)F)c1F. The van der Waals surface area contributed by atoms with E-state index in [0.717, 1.165) is 6.07 Å². The van der Waals surface area contributed by atoms with Crippen LogP contribution in [0.5, 0.6) is 0 Å². The molecule has 15 heteroatoms. The predicted octanol–water partition coefficient (Wildman–Crippen LogP) is 7.58. The molecule has 188 valence electrons. The number of carbonyl (C=O) groups excluding carboxylic acids is 1. The number of carbonyl (C=O) groups is 1. The van der Waals surface area contributed by atoms with Gasteiger partial charge in [0, 0.05) is 16.6 Å². The number of nitrogens with one attached hydrogen (secondary N) is 2. The Bertz CT molecular complexity index is 1060. The fourth-order valence-electron chi connectivity index (χ4n) is 2.86. The molecule has 0 spiro atoms. The molecule has 2 rings (SSSR count). The van der Waals surface area contributed by atoms with E-state index in [9.17, 15) is 53.1 Å². The van der Waals surface area contributed by atoms with Crippen molar-refractivity contribution in [2.45, 2.75) is 31.1 Å². The molecular formula is C19H12BrF11N2O. The third-order valence-electron chi connectivity index (χ3n) is 4.42. The average molecular weight is 573 g/mol. The van der Waals surface area contributed by atoms with Gasteiger partial charge in [-0.15, -0.1) is 0 Å². The normalized spacial score (nSPS) is 13.1. The van der Waals surface area contributed by atoms with E-state index in [1.807, 2.05) is 0 Å². The highest BCUT2D eigenvalue weighted by atomic mass is 79.9. The van der Waals surface area contributed by atoms with Crippen molar-refractivity contribution in [3.8, 4) is 0 Å². The Hall–Kier alpha value is -2.58. The molecule has 0 saturated heterocycles. The first kappa shape index (κ1) is 27.7. The third kappa shape index (κ3) is 5.08. The van der Waals surface area contributed by atoms with Crippen LogP contribution < -0.4 is 10.6 Å². The second-order valence-electron chi connectivity index (χ2n) is 6.68. The van der Waals surface area contributed by atoms with Crippen LogP contribution >= 0.6 is 15.9 Å². The Kier molecular flexibility index (Phi) is 7.51. The second kappa shape index (κ2) is 9.23. The van der Waals surface area contributed by atoms with Gasteiger partial charge in [0.1, 0.15) is 0 Å². The molecule has 0 fully saturated rings. The summed E-state index contributed by atoms with van der Waals surface area (Å²) in [7, 11) is 0. The molecule has 0 aliphatic carbocycles. The Morgan fingerprint density at radius 3 is 1.97 bits per heavy atom. The number of rotatable bonds is 5. The van der Waals surface area contributed by atoms with E-state index < -0.39 is 68.8 Å². The zero-order chi connectivity index (χ0) is 26.3. The number of hydrogen-bond acceptors (Lipinski definition) is 2. The summed E-state index contributed by atoms with van der Waals surface area (Å²) >= 11 is 2.35. The topological polar surface area (TPSA) is 41.1 Å². The maximum absolute atomic E-state index is 14.5. The Balaban J connectivity index is 2.69. The number of anilines is 2. The number of hydrogen-bond donors (Lipinski definition) is 2. The van der Waals surface area contributed by atoms with Crippen molar-refractivity contribution < 1.29 is 53.1 Å². The van der Waals surface area contributed by atoms with Crippen LogP contribution in [0.25, 0.3) is 0 Å². The lowest BCUT2D eigenvalue weighted by Crippen LogP contribution is -2.50. The molecule has 0 aromatic heterocycles. The van der Waals surface area contributed by atoms with Gasteiger partial charge in [-0.2, -0.15) is 39.5 Å². The van der Waals surface area contributed by atoms with Crippen molar-refractivity contribution in [3.05, 3.63) is 57.3 Å². The molecule has 0 atom stereocenters. The van der Waals surface area contributed by atoms with E-state index in [0.29, 0.717) is 0 Å². The molecule has 0 bridgehead atoms. The van der Waals surface area contributed by atoms with Gasteiger partial charge in [-0.25, -0.2) is 8.78 Å². The number of alkyl halides is 10. The molecule has 3 nitrogen and oxygen atoms in total. The van der Waals surface area contributed by atoms with E-state index in [-0.39, 0.29) is 18.3 Å². The van der Waals surface area contributed by atoms with E-state index in [1.54, 1.807) is 12.2 Å². The molecule has 0 radical (unpaired) electrons. The minimum Gasteiger partial charge on any atom is -0.383 e. The van der Waals surface area contributed by atoms with Crippen LogP contribution in [0.4, 0.5) is 59.7 Å². The van der Waals surface area contributed by atoms with Crippen LogP contribution in [0.3, 0.4) is 0 Å². The lowest BCUT2D eigenvalue weighted by Gasteiger charge is -2.31. The van der Waals surface area contributed by atoms with Gasteiger partial charge in [0.15, 0.2) is 5.82 Å². The first-order valence-corrected chi connectivity index (χ1v) is 9.72. The van der Waals surface area contributed by atoms with Crippen LogP contribution in [0, 0.1) is 5.82 Å². The molecule has 2 aromatic rings. The summed E-state index contributed by atoms with van der Waals surface area (Å²) in [6.07, 6.45) is -19.0. The fourth-order valence-corrected chi connectivity index (χ4v) is 3.42. The van der Waals surface area contributed by atoms with Crippen LogP contribution in [0.1, 0.15) is 28.4 Å². The second-order valence-corrected chi connectivity index (χ2v) is 7.54. The van der Waals surface area contributed by atoms with Crippen molar-refractivity contribution in [2.24, 2.45) is 0 Å². The summed E-state index contributed by atoms with van der Waals surface area (Å²) in [4.78, 5) is 12.4. The molecule has 2 aromatic carbocycles. The maximum Gasteiger partial charge on any atom is 0.435 e. The largest absolute Gasteiger partial charge is 0.435 e. The number of benzene rings is 2. The molecule has 0 aliphatic heterocycles. The quantitative estimate of drug-likeness (QED) is 0.363. The highest BCUT2D eigenvalue weighted by Crippen LogP contribution is 2.55. The lowest BCUT2D eigenvalue weighted by molar-refractivity contribution is -0.348. The number of halogens is 12. The van der Waals surface area contributed by atoms with Crippen molar-refractivity contribution in [3.63, 3.8) is 0 Å². The van der Waals surface area contributed by atoms with Crippen LogP contribution in [-0.2, 0) is 11.8 Å². The van der Waals surface area contributed by atoms with Gasteiger partial charge >= 0.3 is 24.2 Å². The van der Waals surface area contributed by atoms with Crippen LogP contribution in [-0.4, -0.2) is 24.8 Å². The van der Waals surface area contributed by atoms with Gasteiger partial charge in [0.05, 0.1) is 22.5 Å². The highest BCUT2D eigenvalue weighted by Gasteiger charge is 2.73. The molecular weight excluding hydrogens is 561 g/mol. The molecule has 0 heterocycles. The van der Waals surface area contributed by atoms with Crippen molar-refractivity contribution in [1.29, 1.82) is 0 Å². The summed E-state index contributed by atoms with van der Waals surface area (Å²) in [5.41, 5.74) is -13.1. The maximum atomic E-state index is 14.5. The lowest BCUT2D eigenvalue weighted by atomic mass is 9.92. The van der Waals surface area contributed by atoms with Crippen molar-refractivity contribution >= 4 is 33.2 Å². The molecule has 1 amide bonds.